The molecule has 25 heavy (non-hydrogen) atoms. The highest BCUT2D eigenvalue weighted by Gasteiger charge is 2.16. The van der Waals surface area contributed by atoms with E-state index in [4.69, 9.17) is 11.6 Å². The number of aryl methyl sites for hydroxylation is 1. The third-order valence-electron chi connectivity index (χ3n) is 3.24. The Bertz CT molecular complexity index is 866. The molecule has 0 fully saturated rings. The molecule has 1 aromatic heterocycles. The quantitative estimate of drug-likeness (QED) is 0.346. The average Bonchev–Trinajstić information content (AvgIpc) is 2.53. The molecule has 2 aromatic rings. The van der Waals surface area contributed by atoms with Crippen LogP contribution in [0.25, 0.3) is 17.2 Å². The van der Waals surface area contributed by atoms with E-state index in [-0.39, 0.29) is 22.9 Å². The van der Waals surface area contributed by atoms with Crippen molar-refractivity contribution in [2.24, 2.45) is 0 Å². The molecule has 7 heteroatoms. The Kier molecular flexibility index (Phi) is 5.98. The van der Waals surface area contributed by atoms with Crippen molar-refractivity contribution in [1.82, 2.24) is 4.98 Å². The number of carbonyl (C=O) groups is 2. The molecule has 0 aliphatic carbocycles. The molecule has 0 saturated heterocycles. The first-order chi connectivity index (χ1) is 11.8. The summed E-state index contributed by atoms with van der Waals surface area (Å²) in [6, 6.07) is 4.67. The molecule has 0 saturated carbocycles. The highest BCUT2D eigenvalue weighted by molar-refractivity contribution is 6.39. The van der Waals surface area contributed by atoms with Crippen LogP contribution in [0.2, 0.25) is 5.15 Å². The lowest BCUT2D eigenvalue weighted by molar-refractivity contribution is -0.151. The van der Waals surface area contributed by atoms with Crippen molar-refractivity contribution in [3.05, 3.63) is 58.4 Å². The van der Waals surface area contributed by atoms with Crippen molar-refractivity contribution < 1.29 is 23.1 Å². The number of hydrogen-bond donors (Lipinski definition) is 0. The summed E-state index contributed by atoms with van der Waals surface area (Å²) in [6.07, 6.45) is 2.23. The highest BCUT2D eigenvalue weighted by Crippen LogP contribution is 2.32. The summed E-state index contributed by atoms with van der Waals surface area (Å²) in [7, 11) is 0. The van der Waals surface area contributed by atoms with E-state index in [2.05, 4.69) is 9.72 Å². The monoisotopic (exact) mass is 365 g/mol. The summed E-state index contributed by atoms with van der Waals surface area (Å²) >= 11 is 6.11. The largest absolute Gasteiger partial charge is 0.460 e. The fourth-order valence-corrected chi connectivity index (χ4v) is 2.46. The van der Waals surface area contributed by atoms with Crippen LogP contribution < -0.4 is 0 Å². The zero-order valence-corrected chi connectivity index (χ0v) is 14.2. The third-order valence-corrected chi connectivity index (χ3v) is 3.53. The van der Waals surface area contributed by atoms with Crippen molar-refractivity contribution in [2.75, 3.05) is 6.61 Å². The van der Waals surface area contributed by atoms with Gasteiger partial charge in [-0.3, -0.25) is 4.79 Å². The minimum absolute atomic E-state index is 0.0200. The number of ether oxygens (including phenoxy) is 1. The van der Waals surface area contributed by atoms with E-state index >= 15 is 0 Å². The van der Waals surface area contributed by atoms with Gasteiger partial charge in [-0.05, 0) is 49.8 Å². The van der Waals surface area contributed by atoms with Gasteiger partial charge in [0.2, 0.25) is 0 Å². The van der Waals surface area contributed by atoms with Crippen molar-refractivity contribution in [3.8, 4) is 11.1 Å². The van der Waals surface area contributed by atoms with Crippen LogP contribution in [0.3, 0.4) is 0 Å². The fraction of sp³-hybridized carbons (Fsp3) is 0.167. The normalized spacial score (nSPS) is 10.9. The molecular formula is C18H14ClF2NO3. The van der Waals surface area contributed by atoms with E-state index in [9.17, 15) is 18.4 Å². The smallest absolute Gasteiger partial charge is 0.379 e. The molecule has 0 atom stereocenters. The van der Waals surface area contributed by atoms with Gasteiger partial charge in [0.1, 0.15) is 16.8 Å². The van der Waals surface area contributed by atoms with Crippen molar-refractivity contribution in [2.45, 2.75) is 13.8 Å². The number of nitrogens with zero attached hydrogens (tertiary/aromatic N) is 1. The van der Waals surface area contributed by atoms with E-state index in [0.29, 0.717) is 11.3 Å². The Labute approximate surface area is 148 Å². The van der Waals surface area contributed by atoms with E-state index in [1.165, 1.54) is 12.1 Å². The van der Waals surface area contributed by atoms with Crippen LogP contribution in [-0.4, -0.2) is 23.3 Å². The van der Waals surface area contributed by atoms with Gasteiger partial charge in [-0.2, -0.15) is 0 Å². The topological polar surface area (TPSA) is 56.3 Å². The Morgan fingerprint density at radius 2 is 1.96 bits per heavy atom. The van der Waals surface area contributed by atoms with Gasteiger partial charge in [0.25, 0.3) is 5.78 Å². The zero-order chi connectivity index (χ0) is 18.6. The van der Waals surface area contributed by atoms with Crippen molar-refractivity contribution in [3.63, 3.8) is 0 Å². The maximum Gasteiger partial charge on any atom is 0.379 e. The molecule has 0 bridgehead atoms. The lowest BCUT2D eigenvalue weighted by Crippen LogP contribution is -2.14. The number of esters is 1. The third kappa shape index (κ3) is 4.48. The molecule has 1 heterocycles. The first kappa shape index (κ1) is 18.7. The van der Waals surface area contributed by atoms with Gasteiger partial charge in [-0.15, -0.1) is 0 Å². The first-order valence-electron chi connectivity index (χ1n) is 7.35. The standard InChI is InChI=1S/C18H14ClF2NO3/c1-3-25-18(24)16(23)7-6-13-14(8-10(2)22-17(13)19)12-5-4-11(20)9-15(12)21/h4-9H,3H2,1-2H3/b7-6+. The number of halogens is 3. The molecule has 2 rings (SSSR count). The van der Waals surface area contributed by atoms with Crippen LogP contribution in [0, 0.1) is 18.6 Å². The van der Waals surface area contributed by atoms with Crippen molar-refractivity contribution >= 4 is 29.4 Å². The van der Waals surface area contributed by atoms with Crippen molar-refractivity contribution in [1.29, 1.82) is 0 Å². The zero-order valence-electron chi connectivity index (χ0n) is 13.5. The van der Waals surface area contributed by atoms with E-state index in [0.717, 1.165) is 18.2 Å². The highest BCUT2D eigenvalue weighted by atomic mass is 35.5. The van der Waals surface area contributed by atoms with Crippen LogP contribution in [-0.2, 0) is 14.3 Å². The van der Waals surface area contributed by atoms with Gasteiger partial charge in [-0.1, -0.05) is 11.6 Å². The Morgan fingerprint density at radius 1 is 1.24 bits per heavy atom. The molecule has 0 aliphatic rings. The number of pyridine rings is 1. The van der Waals surface area contributed by atoms with Crippen LogP contribution in [0.5, 0.6) is 0 Å². The lowest BCUT2D eigenvalue weighted by Gasteiger charge is -2.10. The Morgan fingerprint density at radius 3 is 2.60 bits per heavy atom. The predicted molar refractivity (Wildman–Crippen MR) is 90.0 cm³/mol. The van der Waals surface area contributed by atoms with Gasteiger partial charge in [-0.25, -0.2) is 18.6 Å². The lowest BCUT2D eigenvalue weighted by atomic mass is 9.99. The van der Waals surface area contributed by atoms with E-state index in [1.807, 2.05) is 0 Å². The molecule has 0 N–H and O–H groups in total. The average molecular weight is 366 g/mol. The number of rotatable bonds is 5. The SMILES string of the molecule is CCOC(=O)C(=O)/C=C/c1c(-c2ccc(F)cc2F)cc(C)nc1Cl. The summed E-state index contributed by atoms with van der Waals surface area (Å²) < 4.78 is 31.9. The molecule has 0 aliphatic heterocycles. The summed E-state index contributed by atoms with van der Waals surface area (Å²) in [4.78, 5) is 27.1. The second-order valence-electron chi connectivity index (χ2n) is 5.06. The fourth-order valence-electron chi connectivity index (χ4n) is 2.16. The van der Waals surface area contributed by atoms with Crippen LogP contribution >= 0.6 is 11.6 Å². The van der Waals surface area contributed by atoms with Crippen LogP contribution in [0.15, 0.2) is 30.3 Å². The van der Waals surface area contributed by atoms with E-state index < -0.39 is 23.4 Å². The van der Waals surface area contributed by atoms with E-state index in [1.54, 1.807) is 19.9 Å². The summed E-state index contributed by atoms with van der Waals surface area (Å²) in [5.74, 6) is -3.39. The molecule has 1 aromatic carbocycles. The maximum atomic E-state index is 14.1. The first-order valence-corrected chi connectivity index (χ1v) is 7.73. The maximum absolute atomic E-state index is 14.1. The van der Waals surface area contributed by atoms with Gasteiger partial charge in [0, 0.05) is 22.9 Å². The van der Waals surface area contributed by atoms with Gasteiger partial charge in [0.15, 0.2) is 0 Å². The number of ketones is 1. The Balaban J connectivity index is 2.51. The minimum atomic E-state index is -1.01. The molecule has 0 amide bonds. The van der Waals surface area contributed by atoms with Gasteiger partial charge in [0.05, 0.1) is 6.61 Å². The molecule has 0 spiro atoms. The number of carbonyl (C=O) groups excluding carboxylic acids is 2. The molecule has 0 unspecified atom stereocenters. The summed E-state index contributed by atoms with van der Waals surface area (Å²) in [6.45, 7) is 3.30. The molecule has 130 valence electrons. The van der Waals surface area contributed by atoms with Crippen LogP contribution in [0.4, 0.5) is 8.78 Å². The van der Waals surface area contributed by atoms with Gasteiger partial charge >= 0.3 is 5.97 Å². The summed E-state index contributed by atoms with van der Waals surface area (Å²) in [5, 5.41) is 0.0200. The molecular weight excluding hydrogens is 352 g/mol. The molecule has 0 radical (unpaired) electrons. The second kappa shape index (κ2) is 7.98. The Hall–Kier alpha value is -2.60. The molecule has 4 nitrogen and oxygen atoms in total. The summed E-state index contributed by atoms with van der Waals surface area (Å²) in [5.41, 5.74) is 1.16. The number of aromatic nitrogens is 1. The minimum Gasteiger partial charge on any atom is -0.460 e. The predicted octanol–water partition coefficient (Wildman–Crippen LogP) is 4.13. The number of hydrogen-bond acceptors (Lipinski definition) is 4. The van der Waals surface area contributed by atoms with Crippen LogP contribution in [0.1, 0.15) is 18.2 Å². The number of benzene rings is 1. The van der Waals surface area contributed by atoms with Gasteiger partial charge < -0.3 is 4.74 Å². The second-order valence-corrected chi connectivity index (χ2v) is 5.42.